The zero-order valence-corrected chi connectivity index (χ0v) is 14.1. The van der Waals surface area contributed by atoms with Crippen LogP contribution in [-0.2, 0) is 11.3 Å². The Kier molecular flexibility index (Phi) is 4.46. The lowest BCUT2D eigenvalue weighted by atomic mass is 10.1. The second-order valence-electron chi connectivity index (χ2n) is 5.95. The standard InChI is InChI=1S/C18H21N5O/c1-13-10-14(2)23(21-13)17-6-4-16(5-7-17)15(3)20-18(24)11-22-9-8-19-12-22/h4-10,12,15H,11H2,1-3H3,(H,20,24)/t15-/m1/s1. The van der Waals surface area contributed by atoms with Crippen LogP contribution in [0, 0.1) is 13.8 Å². The molecule has 24 heavy (non-hydrogen) atoms. The first kappa shape index (κ1) is 16.0. The molecule has 0 unspecified atom stereocenters. The van der Waals surface area contributed by atoms with E-state index in [0.29, 0.717) is 0 Å². The summed E-state index contributed by atoms with van der Waals surface area (Å²) in [6.45, 7) is 6.26. The van der Waals surface area contributed by atoms with Gasteiger partial charge in [0, 0.05) is 18.1 Å². The minimum atomic E-state index is -0.0597. The molecule has 3 aromatic rings. The number of hydrogen-bond acceptors (Lipinski definition) is 3. The lowest BCUT2D eigenvalue weighted by Gasteiger charge is -2.15. The van der Waals surface area contributed by atoms with Gasteiger partial charge < -0.3 is 9.88 Å². The Bertz CT molecular complexity index is 818. The summed E-state index contributed by atoms with van der Waals surface area (Å²) in [6.07, 6.45) is 5.06. The summed E-state index contributed by atoms with van der Waals surface area (Å²) in [4.78, 5) is 16.0. The number of aromatic nitrogens is 4. The van der Waals surface area contributed by atoms with E-state index in [1.165, 1.54) is 0 Å². The molecule has 0 spiro atoms. The lowest BCUT2D eigenvalue weighted by Crippen LogP contribution is -2.29. The van der Waals surface area contributed by atoms with Crippen LogP contribution in [-0.4, -0.2) is 25.2 Å². The second kappa shape index (κ2) is 6.70. The first-order valence-electron chi connectivity index (χ1n) is 7.91. The number of benzene rings is 1. The minimum absolute atomic E-state index is 0.0388. The molecule has 124 valence electrons. The maximum absolute atomic E-state index is 12.1. The molecule has 3 rings (SSSR count). The summed E-state index contributed by atoms with van der Waals surface area (Å²) in [5.74, 6) is -0.0388. The van der Waals surface area contributed by atoms with Crippen molar-refractivity contribution >= 4 is 5.91 Å². The van der Waals surface area contributed by atoms with E-state index in [2.05, 4.69) is 15.4 Å². The molecule has 0 saturated heterocycles. The topological polar surface area (TPSA) is 64.7 Å². The Labute approximate surface area is 141 Å². The van der Waals surface area contributed by atoms with Gasteiger partial charge in [0.15, 0.2) is 0 Å². The van der Waals surface area contributed by atoms with E-state index in [9.17, 15) is 4.79 Å². The number of hydrogen-bond donors (Lipinski definition) is 1. The molecular formula is C18H21N5O. The zero-order valence-electron chi connectivity index (χ0n) is 14.1. The fraction of sp³-hybridized carbons (Fsp3) is 0.278. The maximum atomic E-state index is 12.1. The van der Waals surface area contributed by atoms with Gasteiger partial charge in [-0.15, -0.1) is 0 Å². The molecule has 1 N–H and O–H groups in total. The van der Waals surface area contributed by atoms with E-state index in [1.807, 2.05) is 55.8 Å². The van der Waals surface area contributed by atoms with Crippen LogP contribution in [0.3, 0.4) is 0 Å². The number of carbonyl (C=O) groups is 1. The van der Waals surface area contributed by atoms with Crippen molar-refractivity contribution in [3.63, 3.8) is 0 Å². The molecule has 1 amide bonds. The van der Waals surface area contributed by atoms with Gasteiger partial charge >= 0.3 is 0 Å². The third-order valence-electron chi connectivity index (χ3n) is 3.91. The van der Waals surface area contributed by atoms with Crippen molar-refractivity contribution in [3.8, 4) is 5.69 Å². The molecule has 0 aliphatic rings. The van der Waals surface area contributed by atoms with Crippen molar-refractivity contribution in [2.45, 2.75) is 33.4 Å². The quantitative estimate of drug-likeness (QED) is 0.785. The molecular weight excluding hydrogens is 302 g/mol. The number of nitrogens with one attached hydrogen (secondary N) is 1. The highest BCUT2D eigenvalue weighted by Crippen LogP contribution is 2.17. The Morgan fingerprint density at radius 3 is 2.58 bits per heavy atom. The fourth-order valence-corrected chi connectivity index (χ4v) is 2.71. The van der Waals surface area contributed by atoms with Crippen LogP contribution in [0.5, 0.6) is 0 Å². The van der Waals surface area contributed by atoms with Crippen LogP contribution in [0.15, 0.2) is 49.1 Å². The normalized spacial score (nSPS) is 12.1. The average Bonchev–Trinajstić information content (AvgIpc) is 3.16. The van der Waals surface area contributed by atoms with Crippen molar-refractivity contribution < 1.29 is 4.79 Å². The highest BCUT2D eigenvalue weighted by atomic mass is 16.2. The number of imidazole rings is 1. The van der Waals surface area contributed by atoms with E-state index in [1.54, 1.807) is 23.3 Å². The summed E-state index contributed by atoms with van der Waals surface area (Å²) in [5, 5.41) is 7.48. The second-order valence-corrected chi connectivity index (χ2v) is 5.95. The monoisotopic (exact) mass is 323 g/mol. The summed E-state index contributed by atoms with van der Waals surface area (Å²) in [5.41, 5.74) is 4.17. The van der Waals surface area contributed by atoms with Crippen LogP contribution in [0.4, 0.5) is 0 Å². The van der Waals surface area contributed by atoms with Gasteiger partial charge in [-0.3, -0.25) is 4.79 Å². The Balaban J connectivity index is 1.66. The highest BCUT2D eigenvalue weighted by Gasteiger charge is 2.11. The van der Waals surface area contributed by atoms with Gasteiger partial charge in [-0.1, -0.05) is 12.1 Å². The number of amides is 1. The number of aryl methyl sites for hydroxylation is 2. The molecule has 2 aromatic heterocycles. The number of rotatable bonds is 5. The van der Waals surface area contributed by atoms with Gasteiger partial charge in [0.2, 0.25) is 5.91 Å². The van der Waals surface area contributed by atoms with Crippen molar-refractivity contribution in [2.24, 2.45) is 0 Å². The van der Waals surface area contributed by atoms with Crippen LogP contribution in [0.25, 0.3) is 5.69 Å². The van der Waals surface area contributed by atoms with E-state index in [0.717, 1.165) is 22.6 Å². The molecule has 0 bridgehead atoms. The molecule has 0 radical (unpaired) electrons. The largest absolute Gasteiger partial charge is 0.348 e. The predicted octanol–water partition coefficient (Wildman–Crippen LogP) is 2.56. The van der Waals surface area contributed by atoms with Crippen molar-refractivity contribution in [3.05, 3.63) is 66.0 Å². The van der Waals surface area contributed by atoms with Crippen molar-refractivity contribution in [1.29, 1.82) is 0 Å². The van der Waals surface area contributed by atoms with Gasteiger partial charge in [-0.05, 0) is 44.5 Å². The van der Waals surface area contributed by atoms with E-state index in [-0.39, 0.29) is 18.5 Å². The first-order chi connectivity index (χ1) is 11.5. The van der Waals surface area contributed by atoms with Gasteiger partial charge in [-0.2, -0.15) is 5.10 Å². The van der Waals surface area contributed by atoms with Crippen LogP contribution in [0.2, 0.25) is 0 Å². The fourth-order valence-electron chi connectivity index (χ4n) is 2.71. The number of nitrogens with zero attached hydrogens (tertiary/aromatic N) is 4. The molecule has 0 aliphatic heterocycles. The van der Waals surface area contributed by atoms with Crippen LogP contribution < -0.4 is 5.32 Å². The third kappa shape index (κ3) is 3.53. The van der Waals surface area contributed by atoms with E-state index in [4.69, 9.17) is 0 Å². The molecule has 6 heteroatoms. The van der Waals surface area contributed by atoms with Crippen molar-refractivity contribution in [2.75, 3.05) is 0 Å². The molecule has 6 nitrogen and oxygen atoms in total. The predicted molar refractivity (Wildman–Crippen MR) is 91.8 cm³/mol. The Hall–Kier alpha value is -2.89. The van der Waals surface area contributed by atoms with Gasteiger partial charge in [-0.25, -0.2) is 9.67 Å². The maximum Gasteiger partial charge on any atom is 0.240 e. The molecule has 0 fully saturated rings. The molecule has 1 aromatic carbocycles. The van der Waals surface area contributed by atoms with Crippen LogP contribution in [0.1, 0.15) is 29.9 Å². The van der Waals surface area contributed by atoms with Gasteiger partial charge in [0.05, 0.1) is 23.8 Å². The highest BCUT2D eigenvalue weighted by molar-refractivity contribution is 5.76. The molecule has 0 saturated carbocycles. The number of carbonyl (C=O) groups excluding carboxylic acids is 1. The van der Waals surface area contributed by atoms with E-state index < -0.39 is 0 Å². The lowest BCUT2D eigenvalue weighted by molar-refractivity contribution is -0.122. The third-order valence-corrected chi connectivity index (χ3v) is 3.91. The molecule has 2 heterocycles. The molecule has 0 aliphatic carbocycles. The molecule has 1 atom stereocenters. The Morgan fingerprint density at radius 1 is 1.25 bits per heavy atom. The van der Waals surface area contributed by atoms with Crippen LogP contribution >= 0.6 is 0 Å². The summed E-state index contributed by atoms with van der Waals surface area (Å²) in [7, 11) is 0. The Morgan fingerprint density at radius 2 is 2.00 bits per heavy atom. The smallest absolute Gasteiger partial charge is 0.240 e. The SMILES string of the molecule is Cc1cc(C)n(-c2ccc([C@@H](C)NC(=O)Cn3ccnc3)cc2)n1. The van der Waals surface area contributed by atoms with Gasteiger partial charge in [0.1, 0.15) is 6.54 Å². The summed E-state index contributed by atoms with van der Waals surface area (Å²) >= 11 is 0. The first-order valence-corrected chi connectivity index (χ1v) is 7.91. The van der Waals surface area contributed by atoms with Crippen molar-refractivity contribution in [1.82, 2.24) is 24.6 Å². The van der Waals surface area contributed by atoms with Gasteiger partial charge in [0.25, 0.3) is 0 Å². The summed E-state index contributed by atoms with van der Waals surface area (Å²) < 4.78 is 3.66. The van der Waals surface area contributed by atoms with E-state index >= 15 is 0 Å². The average molecular weight is 323 g/mol. The minimum Gasteiger partial charge on any atom is -0.348 e. The zero-order chi connectivity index (χ0) is 17.1. The summed E-state index contributed by atoms with van der Waals surface area (Å²) in [6, 6.07) is 10.1.